The fourth-order valence-electron chi connectivity index (χ4n) is 2.99. The first-order valence-corrected chi connectivity index (χ1v) is 10.6. The van der Waals surface area contributed by atoms with Crippen LogP contribution in [0.15, 0.2) is 58.5 Å². The molecule has 0 amide bonds. The van der Waals surface area contributed by atoms with Crippen LogP contribution >= 0.6 is 0 Å². The number of halogens is 1. The van der Waals surface area contributed by atoms with Crippen molar-refractivity contribution in [2.45, 2.75) is 17.9 Å². The van der Waals surface area contributed by atoms with Crippen LogP contribution in [0.5, 0.6) is 0 Å². The van der Waals surface area contributed by atoms with Gasteiger partial charge in [-0.1, -0.05) is 12.1 Å². The topological polar surface area (TPSA) is 98.4 Å². The quantitative estimate of drug-likeness (QED) is 0.350. The Hall–Kier alpha value is -2.91. The molecule has 0 fully saturated rings. The molecule has 0 aliphatic rings. The van der Waals surface area contributed by atoms with Crippen LogP contribution in [0.3, 0.4) is 0 Å². The predicted octanol–water partition coefficient (Wildman–Crippen LogP) is 2.12. The van der Waals surface area contributed by atoms with E-state index in [2.05, 4.69) is 25.3 Å². The molecule has 9 heteroatoms. The molecule has 0 bridgehead atoms. The number of nitrogens with one attached hydrogen (secondary N) is 4. The summed E-state index contributed by atoms with van der Waals surface area (Å²) in [5, 5.41) is 7.45. The van der Waals surface area contributed by atoms with Gasteiger partial charge in [0.1, 0.15) is 5.82 Å². The van der Waals surface area contributed by atoms with Crippen molar-refractivity contribution < 1.29 is 12.8 Å². The lowest BCUT2D eigenvalue weighted by Crippen LogP contribution is -2.37. The van der Waals surface area contributed by atoms with Gasteiger partial charge in [-0.15, -0.1) is 0 Å². The van der Waals surface area contributed by atoms with E-state index in [0.29, 0.717) is 19.0 Å². The number of nitrogens with zero attached hydrogens (tertiary/aromatic N) is 1. The van der Waals surface area contributed by atoms with Gasteiger partial charge in [0.15, 0.2) is 5.96 Å². The van der Waals surface area contributed by atoms with Gasteiger partial charge in [0.2, 0.25) is 10.0 Å². The molecule has 2 aromatic carbocycles. The van der Waals surface area contributed by atoms with Crippen molar-refractivity contribution in [3.63, 3.8) is 0 Å². The van der Waals surface area contributed by atoms with E-state index in [4.69, 9.17) is 0 Å². The van der Waals surface area contributed by atoms with E-state index in [0.717, 1.165) is 28.5 Å². The SMILES string of the molecule is CN=C(NCCc1c[nH]c2cc(F)ccc12)NCc1ccc(S(=O)(=O)NC)cc1. The van der Waals surface area contributed by atoms with E-state index in [1.54, 1.807) is 37.4 Å². The average molecular weight is 418 g/mol. The first kappa shape index (κ1) is 20.8. The number of fused-ring (bicyclic) bond motifs is 1. The fraction of sp³-hybridized carbons (Fsp3) is 0.250. The molecule has 3 aromatic rings. The van der Waals surface area contributed by atoms with E-state index in [-0.39, 0.29) is 10.7 Å². The maximum absolute atomic E-state index is 13.3. The highest BCUT2D eigenvalue weighted by atomic mass is 32.2. The van der Waals surface area contributed by atoms with Crippen molar-refractivity contribution >= 4 is 26.9 Å². The Bertz CT molecular complexity index is 1110. The smallest absolute Gasteiger partial charge is 0.240 e. The van der Waals surface area contributed by atoms with Crippen LogP contribution in [0.25, 0.3) is 10.9 Å². The molecule has 29 heavy (non-hydrogen) atoms. The van der Waals surface area contributed by atoms with E-state index in [1.165, 1.54) is 19.2 Å². The summed E-state index contributed by atoms with van der Waals surface area (Å²) < 4.78 is 39.1. The van der Waals surface area contributed by atoms with Crippen LogP contribution < -0.4 is 15.4 Å². The standard InChI is InChI=1S/C20H24FN5O2S/c1-22-20(26-12-14-3-6-17(7-4-14)29(27,28)23-2)24-10-9-15-13-25-19-11-16(21)5-8-18(15)19/h3-8,11,13,23,25H,9-10,12H2,1-2H3,(H2,22,24,26). The van der Waals surface area contributed by atoms with E-state index in [9.17, 15) is 12.8 Å². The van der Waals surface area contributed by atoms with Crippen LogP contribution in [0, 0.1) is 5.82 Å². The number of sulfonamides is 1. The summed E-state index contributed by atoms with van der Waals surface area (Å²) in [6.45, 7) is 1.16. The van der Waals surface area contributed by atoms with Crippen LogP contribution in [0.2, 0.25) is 0 Å². The summed E-state index contributed by atoms with van der Waals surface area (Å²) in [6.07, 6.45) is 2.64. The number of hydrogen-bond acceptors (Lipinski definition) is 3. The molecule has 0 aliphatic carbocycles. The molecule has 0 saturated heterocycles. The largest absolute Gasteiger partial charge is 0.361 e. The van der Waals surface area contributed by atoms with Gasteiger partial charge in [0.25, 0.3) is 0 Å². The normalized spacial score (nSPS) is 12.3. The number of aromatic amines is 1. The van der Waals surface area contributed by atoms with Gasteiger partial charge in [-0.25, -0.2) is 17.5 Å². The molecule has 154 valence electrons. The lowest BCUT2D eigenvalue weighted by Gasteiger charge is -2.12. The summed E-state index contributed by atoms with van der Waals surface area (Å²) in [5.74, 6) is 0.382. The Morgan fingerprint density at radius 3 is 2.59 bits per heavy atom. The monoisotopic (exact) mass is 417 g/mol. The third-order valence-corrected chi connectivity index (χ3v) is 6.03. The van der Waals surface area contributed by atoms with Crippen LogP contribution in [-0.2, 0) is 23.0 Å². The molecule has 0 atom stereocenters. The summed E-state index contributed by atoms with van der Waals surface area (Å²) >= 11 is 0. The summed E-state index contributed by atoms with van der Waals surface area (Å²) in [5.41, 5.74) is 2.82. The predicted molar refractivity (Wildman–Crippen MR) is 113 cm³/mol. The Balaban J connectivity index is 1.52. The van der Waals surface area contributed by atoms with Gasteiger partial charge in [-0.2, -0.15) is 0 Å². The van der Waals surface area contributed by atoms with Crippen LogP contribution in [0.1, 0.15) is 11.1 Å². The number of hydrogen-bond donors (Lipinski definition) is 4. The molecule has 0 radical (unpaired) electrons. The molecule has 1 aromatic heterocycles. The maximum Gasteiger partial charge on any atom is 0.240 e. The molecule has 0 aliphatic heterocycles. The third-order valence-electron chi connectivity index (χ3n) is 4.60. The van der Waals surface area contributed by atoms with Crippen molar-refractivity contribution in [2.75, 3.05) is 20.6 Å². The minimum absolute atomic E-state index is 0.227. The van der Waals surface area contributed by atoms with Crippen molar-refractivity contribution in [2.24, 2.45) is 4.99 Å². The van der Waals surface area contributed by atoms with Crippen molar-refractivity contribution in [3.8, 4) is 0 Å². The molecular weight excluding hydrogens is 393 g/mol. The van der Waals surface area contributed by atoms with Gasteiger partial charge in [-0.3, -0.25) is 4.99 Å². The second kappa shape index (κ2) is 9.06. The van der Waals surface area contributed by atoms with Gasteiger partial charge in [0, 0.05) is 37.2 Å². The molecule has 0 spiro atoms. The zero-order chi connectivity index (χ0) is 20.9. The lowest BCUT2D eigenvalue weighted by atomic mass is 10.1. The average Bonchev–Trinajstić information content (AvgIpc) is 3.12. The Morgan fingerprint density at radius 1 is 1.14 bits per heavy atom. The Kier molecular flexibility index (Phi) is 6.50. The number of aliphatic imine (C=N–C) groups is 1. The van der Waals surface area contributed by atoms with Gasteiger partial charge in [0.05, 0.1) is 4.90 Å². The summed E-state index contributed by atoms with van der Waals surface area (Å²) in [4.78, 5) is 7.51. The molecule has 7 nitrogen and oxygen atoms in total. The maximum atomic E-state index is 13.3. The number of rotatable bonds is 7. The highest BCUT2D eigenvalue weighted by molar-refractivity contribution is 7.89. The Morgan fingerprint density at radius 2 is 1.90 bits per heavy atom. The fourth-order valence-corrected chi connectivity index (χ4v) is 3.72. The molecular formula is C20H24FN5O2S. The first-order valence-electron chi connectivity index (χ1n) is 9.15. The number of guanidine groups is 1. The number of aromatic nitrogens is 1. The summed E-state index contributed by atoms with van der Waals surface area (Å²) in [7, 11) is -0.362. The third kappa shape index (κ3) is 5.12. The van der Waals surface area contributed by atoms with Gasteiger partial charge < -0.3 is 15.6 Å². The Labute approximate surface area is 169 Å². The second-order valence-corrected chi connectivity index (χ2v) is 8.34. The van der Waals surface area contributed by atoms with Gasteiger partial charge in [-0.05, 0) is 54.9 Å². The molecule has 0 saturated carbocycles. The van der Waals surface area contributed by atoms with E-state index in [1.807, 2.05) is 6.20 Å². The van der Waals surface area contributed by atoms with Crippen molar-refractivity contribution in [1.29, 1.82) is 0 Å². The molecule has 3 rings (SSSR count). The first-order chi connectivity index (χ1) is 13.9. The summed E-state index contributed by atoms with van der Waals surface area (Å²) in [6, 6.07) is 11.4. The van der Waals surface area contributed by atoms with Crippen LogP contribution in [-0.4, -0.2) is 40.0 Å². The second-order valence-electron chi connectivity index (χ2n) is 6.46. The van der Waals surface area contributed by atoms with E-state index < -0.39 is 10.0 Å². The van der Waals surface area contributed by atoms with Crippen molar-refractivity contribution in [3.05, 3.63) is 65.6 Å². The highest BCUT2D eigenvalue weighted by Gasteiger charge is 2.10. The lowest BCUT2D eigenvalue weighted by molar-refractivity contribution is 0.588. The molecule has 0 unspecified atom stereocenters. The van der Waals surface area contributed by atoms with E-state index >= 15 is 0 Å². The molecule has 1 heterocycles. The van der Waals surface area contributed by atoms with Crippen LogP contribution in [0.4, 0.5) is 4.39 Å². The minimum atomic E-state index is -3.43. The van der Waals surface area contributed by atoms with Crippen molar-refractivity contribution in [1.82, 2.24) is 20.3 Å². The van der Waals surface area contributed by atoms with Gasteiger partial charge >= 0.3 is 0 Å². The molecule has 4 N–H and O–H groups in total. The number of H-pyrrole nitrogens is 1. The highest BCUT2D eigenvalue weighted by Crippen LogP contribution is 2.19. The minimum Gasteiger partial charge on any atom is -0.361 e. The zero-order valence-corrected chi connectivity index (χ0v) is 17.1. The zero-order valence-electron chi connectivity index (χ0n) is 16.3. The number of benzene rings is 2.